The molecule has 0 aliphatic carbocycles. The number of rotatable bonds is 9. The summed E-state index contributed by atoms with van der Waals surface area (Å²) in [6.07, 6.45) is 9.28. The summed E-state index contributed by atoms with van der Waals surface area (Å²) in [5.74, 6) is -0.792. The number of carboxylic acids is 1. The topological polar surface area (TPSA) is 37.3 Å². The summed E-state index contributed by atoms with van der Waals surface area (Å²) in [6, 6.07) is 0. The number of carboxylic acid groups (broad SMARTS) is 1. The molecule has 0 aromatic rings. The Kier molecular flexibility index (Phi) is 14.2. The minimum atomic E-state index is -0.792. The van der Waals surface area contributed by atoms with Gasteiger partial charge in [0, 0.05) is 0 Å². The fraction of sp³-hybridized carbons (Fsp3) is 0.909. The molecule has 0 radical (unpaired) electrons. The normalized spacial score (nSPS) is 11.9. The largest absolute Gasteiger partial charge is 0.480 e. The van der Waals surface area contributed by atoms with Crippen molar-refractivity contribution in [2.45, 2.75) is 63.5 Å². The van der Waals surface area contributed by atoms with Crippen LogP contribution in [0.3, 0.4) is 0 Å². The van der Waals surface area contributed by atoms with Gasteiger partial charge in [-0.2, -0.15) is 12.6 Å². The van der Waals surface area contributed by atoms with E-state index in [1.807, 2.05) is 0 Å². The average molecular weight is 255 g/mol. The molecule has 0 aromatic heterocycles. The minimum absolute atomic E-state index is 0. The van der Waals surface area contributed by atoms with Crippen molar-refractivity contribution in [3.8, 4) is 0 Å². The molecule has 1 N–H and O–H groups in total. The molecule has 15 heavy (non-hydrogen) atoms. The number of aliphatic carboxylic acids is 1. The molecule has 4 heteroatoms. The van der Waals surface area contributed by atoms with Gasteiger partial charge in [0.25, 0.3) is 0 Å². The van der Waals surface area contributed by atoms with Crippen LogP contribution in [-0.2, 0) is 4.79 Å². The molecule has 0 aliphatic heterocycles. The maximum Gasteiger partial charge on any atom is 0.316 e. The molecule has 0 aromatic carbocycles. The van der Waals surface area contributed by atoms with Gasteiger partial charge in [0.2, 0.25) is 0 Å². The van der Waals surface area contributed by atoms with Gasteiger partial charge in [-0.3, -0.25) is 4.79 Å². The van der Waals surface area contributed by atoms with Gasteiger partial charge in [0.05, 0.1) is 5.25 Å². The maximum absolute atomic E-state index is 10.4. The van der Waals surface area contributed by atoms with Crippen LogP contribution in [0.2, 0.25) is 0 Å². The van der Waals surface area contributed by atoms with Gasteiger partial charge in [-0.25, -0.2) is 0 Å². The molecule has 0 fully saturated rings. The van der Waals surface area contributed by atoms with Crippen LogP contribution >= 0.6 is 25.0 Å². The molecule has 92 valence electrons. The van der Waals surface area contributed by atoms with Gasteiger partial charge in [-0.05, 0) is 6.42 Å². The van der Waals surface area contributed by atoms with Gasteiger partial charge < -0.3 is 5.11 Å². The third-order valence-corrected chi connectivity index (χ3v) is 2.85. The quantitative estimate of drug-likeness (QED) is 0.483. The first-order chi connectivity index (χ1) is 6.68. The van der Waals surface area contributed by atoms with Crippen LogP contribution in [0.5, 0.6) is 0 Å². The molecule has 0 saturated carbocycles. The van der Waals surface area contributed by atoms with Crippen molar-refractivity contribution in [3.63, 3.8) is 0 Å². The number of hydrogen-bond donors (Lipinski definition) is 2. The molecule has 0 spiro atoms. The molecule has 2 nitrogen and oxygen atoms in total. The van der Waals surface area contributed by atoms with E-state index in [1.54, 1.807) is 0 Å². The minimum Gasteiger partial charge on any atom is -0.480 e. The zero-order chi connectivity index (χ0) is 10.8. The third-order valence-electron chi connectivity index (χ3n) is 2.37. The van der Waals surface area contributed by atoms with Crippen molar-refractivity contribution >= 4 is 31.0 Å². The van der Waals surface area contributed by atoms with E-state index in [0.717, 1.165) is 12.8 Å². The zero-order valence-corrected chi connectivity index (χ0v) is 11.2. The van der Waals surface area contributed by atoms with Crippen molar-refractivity contribution in [2.24, 2.45) is 0 Å². The van der Waals surface area contributed by atoms with Crippen molar-refractivity contribution in [3.05, 3.63) is 0 Å². The van der Waals surface area contributed by atoms with Gasteiger partial charge in [0.1, 0.15) is 0 Å². The zero-order valence-electron chi connectivity index (χ0n) is 9.45. The molecule has 1 unspecified atom stereocenters. The second-order valence-electron chi connectivity index (χ2n) is 3.76. The highest BCUT2D eigenvalue weighted by Gasteiger charge is 2.10. The van der Waals surface area contributed by atoms with E-state index in [1.165, 1.54) is 32.1 Å². The standard InChI is InChI=1S/C11H22O2S.ClH/c1-2-3-4-5-6-7-8-9-10(14)11(12)13;/h10,14H,2-9H2,1H3,(H,12,13);1H. The lowest BCUT2D eigenvalue weighted by atomic mass is 10.1. The Morgan fingerprint density at radius 1 is 1.13 bits per heavy atom. The maximum atomic E-state index is 10.4. The Labute approximate surface area is 105 Å². The Balaban J connectivity index is 0. The number of thiol groups is 1. The molecular weight excluding hydrogens is 232 g/mol. The van der Waals surface area contributed by atoms with Gasteiger partial charge >= 0.3 is 5.97 Å². The van der Waals surface area contributed by atoms with Crippen molar-refractivity contribution in [2.75, 3.05) is 0 Å². The summed E-state index contributed by atoms with van der Waals surface area (Å²) in [4.78, 5) is 10.4. The van der Waals surface area contributed by atoms with Crippen molar-refractivity contribution < 1.29 is 9.90 Å². The van der Waals surface area contributed by atoms with E-state index in [4.69, 9.17) is 5.11 Å². The summed E-state index contributed by atoms with van der Waals surface area (Å²) in [6.45, 7) is 2.21. The first-order valence-electron chi connectivity index (χ1n) is 5.59. The lowest BCUT2D eigenvalue weighted by molar-refractivity contribution is -0.136. The van der Waals surface area contributed by atoms with Crippen LogP contribution in [-0.4, -0.2) is 16.3 Å². The number of unbranched alkanes of at least 4 members (excludes halogenated alkanes) is 6. The first-order valence-corrected chi connectivity index (χ1v) is 6.11. The van der Waals surface area contributed by atoms with Crippen LogP contribution in [0.1, 0.15) is 58.3 Å². The van der Waals surface area contributed by atoms with E-state index >= 15 is 0 Å². The molecule has 1 atom stereocenters. The summed E-state index contributed by atoms with van der Waals surface area (Å²) in [5, 5.41) is 8.11. The SMILES string of the molecule is CCCCCCCCCC(S)C(=O)O.Cl. The summed E-state index contributed by atoms with van der Waals surface area (Å²) in [7, 11) is 0. The predicted octanol–water partition coefficient (Wildman–Crippen LogP) is 3.93. The van der Waals surface area contributed by atoms with E-state index in [9.17, 15) is 4.79 Å². The van der Waals surface area contributed by atoms with E-state index in [2.05, 4.69) is 19.6 Å². The molecular formula is C11H23ClO2S. The fourth-order valence-corrected chi connectivity index (χ4v) is 1.60. The molecule has 0 saturated heterocycles. The van der Waals surface area contributed by atoms with E-state index in [0.29, 0.717) is 6.42 Å². The predicted molar refractivity (Wildman–Crippen MR) is 70.3 cm³/mol. The Morgan fingerprint density at radius 3 is 2.07 bits per heavy atom. The van der Waals surface area contributed by atoms with Gasteiger partial charge in [-0.15, -0.1) is 12.4 Å². The molecule has 0 rings (SSSR count). The smallest absolute Gasteiger partial charge is 0.316 e. The summed E-state index contributed by atoms with van der Waals surface area (Å²) in [5.41, 5.74) is 0. The molecule has 0 heterocycles. The molecule has 0 bridgehead atoms. The third kappa shape index (κ3) is 12.0. The van der Waals surface area contributed by atoms with E-state index < -0.39 is 11.2 Å². The van der Waals surface area contributed by atoms with Crippen LogP contribution < -0.4 is 0 Å². The van der Waals surface area contributed by atoms with Crippen molar-refractivity contribution in [1.82, 2.24) is 0 Å². The van der Waals surface area contributed by atoms with Gasteiger partial charge in [-0.1, -0.05) is 51.9 Å². The Hall–Kier alpha value is 0.110. The van der Waals surface area contributed by atoms with Crippen LogP contribution in [0.4, 0.5) is 0 Å². The average Bonchev–Trinajstić information content (AvgIpc) is 2.16. The number of hydrogen-bond acceptors (Lipinski definition) is 2. The number of carbonyl (C=O) groups is 1. The van der Waals surface area contributed by atoms with Gasteiger partial charge in [0.15, 0.2) is 0 Å². The van der Waals surface area contributed by atoms with Crippen LogP contribution in [0, 0.1) is 0 Å². The highest BCUT2D eigenvalue weighted by atomic mass is 35.5. The van der Waals surface area contributed by atoms with Crippen LogP contribution in [0.25, 0.3) is 0 Å². The lowest BCUT2D eigenvalue weighted by Crippen LogP contribution is -2.12. The molecule has 0 amide bonds. The fourth-order valence-electron chi connectivity index (χ4n) is 1.42. The first kappa shape index (κ1) is 17.5. The lowest BCUT2D eigenvalue weighted by Gasteiger charge is -2.04. The second kappa shape index (κ2) is 12.2. The summed E-state index contributed by atoms with van der Waals surface area (Å²) >= 11 is 3.98. The van der Waals surface area contributed by atoms with E-state index in [-0.39, 0.29) is 12.4 Å². The van der Waals surface area contributed by atoms with Crippen LogP contribution in [0.15, 0.2) is 0 Å². The molecule has 0 aliphatic rings. The number of halogens is 1. The second-order valence-corrected chi connectivity index (χ2v) is 4.39. The monoisotopic (exact) mass is 254 g/mol. The van der Waals surface area contributed by atoms with Crippen molar-refractivity contribution in [1.29, 1.82) is 0 Å². The summed E-state index contributed by atoms with van der Waals surface area (Å²) < 4.78 is 0. The highest BCUT2D eigenvalue weighted by Crippen LogP contribution is 2.12. The Bertz CT molecular complexity index is 154. The highest BCUT2D eigenvalue weighted by molar-refractivity contribution is 7.81. The Morgan fingerprint density at radius 2 is 1.60 bits per heavy atom.